The molecule has 0 aliphatic heterocycles. The molecule has 0 saturated carbocycles. The molecule has 1 rings (SSSR count). The predicted molar refractivity (Wildman–Crippen MR) is 86.1 cm³/mol. The Kier molecular flexibility index (Phi) is 5.83. The Balaban J connectivity index is 2.84. The first-order chi connectivity index (χ1) is 9.55. The first-order valence-electron chi connectivity index (χ1n) is 7.66. The van der Waals surface area contributed by atoms with Gasteiger partial charge < -0.3 is 14.6 Å². The molecular weight excluding hydrogens is 264 g/mol. The number of hydrogen-bond donors (Lipinski definition) is 1. The van der Waals surface area contributed by atoms with E-state index in [1.807, 2.05) is 37.3 Å². The fourth-order valence-electron chi connectivity index (χ4n) is 3.12. The van der Waals surface area contributed by atoms with Gasteiger partial charge in [0.2, 0.25) is 0 Å². The third kappa shape index (κ3) is 6.96. The minimum Gasteiger partial charge on any atom is -0.439 e. The van der Waals surface area contributed by atoms with Crippen molar-refractivity contribution in [2.24, 2.45) is 10.8 Å². The van der Waals surface area contributed by atoms with Crippen molar-refractivity contribution < 1.29 is 14.6 Å². The molecular formula is C18H30O3. The summed E-state index contributed by atoms with van der Waals surface area (Å²) in [5, 5.41) is 10.8. The molecule has 0 spiro atoms. The van der Waals surface area contributed by atoms with Crippen LogP contribution < -0.4 is 4.74 Å². The van der Waals surface area contributed by atoms with Gasteiger partial charge in [0.15, 0.2) is 0 Å². The van der Waals surface area contributed by atoms with Crippen LogP contribution in [0.3, 0.4) is 0 Å². The van der Waals surface area contributed by atoms with Gasteiger partial charge in [-0.1, -0.05) is 52.8 Å². The maximum atomic E-state index is 10.8. The van der Waals surface area contributed by atoms with Crippen LogP contribution in [0.1, 0.15) is 54.4 Å². The molecule has 1 atom stereocenters. The first-order valence-corrected chi connectivity index (χ1v) is 7.66. The summed E-state index contributed by atoms with van der Waals surface area (Å²) in [6, 6.07) is 9.31. The van der Waals surface area contributed by atoms with Crippen molar-refractivity contribution in [1.29, 1.82) is 0 Å². The van der Waals surface area contributed by atoms with Gasteiger partial charge in [-0.15, -0.1) is 0 Å². The molecule has 0 aliphatic carbocycles. The van der Waals surface area contributed by atoms with E-state index in [-0.39, 0.29) is 10.8 Å². The molecule has 0 fully saturated rings. The van der Waals surface area contributed by atoms with Crippen LogP contribution in [0.2, 0.25) is 0 Å². The predicted octanol–water partition coefficient (Wildman–Crippen LogP) is 4.60. The third-order valence-electron chi connectivity index (χ3n) is 3.10. The SMILES string of the molecule is CCOC(O)(CC(C)(C)CC(C)(C)C)Oc1ccccc1. The molecule has 0 aliphatic rings. The van der Waals surface area contributed by atoms with Gasteiger partial charge in [-0.25, -0.2) is 0 Å². The van der Waals surface area contributed by atoms with E-state index in [0.717, 1.165) is 6.42 Å². The number of para-hydroxylation sites is 1. The van der Waals surface area contributed by atoms with Crippen LogP contribution >= 0.6 is 0 Å². The molecule has 3 nitrogen and oxygen atoms in total. The fraction of sp³-hybridized carbons (Fsp3) is 0.667. The Bertz CT molecular complexity index is 420. The highest BCUT2D eigenvalue weighted by atomic mass is 16.8. The lowest BCUT2D eigenvalue weighted by molar-refractivity contribution is -0.331. The minimum atomic E-state index is -1.59. The quantitative estimate of drug-likeness (QED) is 0.747. The van der Waals surface area contributed by atoms with Gasteiger partial charge in [-0.3, -0.25) is 0 Å². The van der Waals surface area contributed by atoms with Crippen molar-refractivity contribution in [2.75, 3.05) is 6.61 Å². The molecule has 1 unspecified atom stereocenters. The van der Waals surface area contributed by atoms with E-state index >= 15 is 0 Å². The summed E-state index contributed by atoms with van der Waals surface area (Å²) in [5.41, 5.74) is 0.0837. The van der Waals surface area contributed by atoms with E-state index in [1.54, 1.807) is 0 Å². The van der Waals surface area contributed by atoms with Crippen LogP contribution in [0.25, 0.3) is 0 Å². The number of hydrogen-bond acceptors (Lipinski definition) is 3. The lowest BCUT2D eigenvalue weighted by Gasteiger charge is -2.38. The third-order valence-corrected chi connectivity index (χ3v) is 3.10. The second-order valence-electron chi connectivity index (χ2n) is 7.64. The number of aliphatic hydroxyl groups is 1. The van der Waals surface area contributed by atoms with E-state index in [9.17, 15) is 5.11 Å². The Morgan fingerprint density at radius 2 is 1.52 bits per heavy atom. The standard InChI is InChI=1S/C18H30O3/c1-7-20-18(19,21-15-11-9-8-10-12-15)14-17(5,6)13-16(2,3)4/h8-12,19H,7,13-14H2,1-6H3. The minimum absolute atomic E-state index is 0.100. The van der Waals surface area contributed by atoms with Crippen LogP contribution in [-0.2, 0) is 4.74 Å². The maximum absolute atomic E-state index is 10.8. The topological polar surface area (TPSA) is 38.7 Å². The van der Waals surface area contributed by atoms with Crippen LogP contribution in [0.4, 0.5) is 0 Å². The molecule has 0 bridgehead atoms. The highest BCUT2D eigenvalue weighted by molar-refractivity contribution is 5.21. The molecule has 1 N–H and O–H groups in total. The van der Waals surface area contributed by atoms with Crippen LogP contribution in [-0.4, -0.2) is 17.7 Å². The highest BCUT2D eigenvalue weighted by Crippen LogP contribution is 2.40. The molecule has 3 heteroatoms. The maximum Gasteiger partial charge on any atom is 0.324 e. The lowest BCUT2D eigenvalue weighted by Crippen LogP contribution is -2.44. The molecule has 120 valence electrons. The number of benzene rings is 1. The van der Waals surface area contributed by atoms with Gasteiger partial charge in [0, 0.05) is 6.42 Å². The molecule has 0 aromatic heterocycles. The van der Waals surface area contributed by atoms with E-state index in [1.165, 1.54) is 0 Å². The summed E-state index contributed by atoms with van der Waals surface area (Å²) >= 11 is 0. The lowest BCUT2D eigenvalue weighted by atomic mass is 9.74. The van der Waals surface area contributed by atoms with Gasteiger partial charge in [0.25, 0.3) is 0 Å². The molecule has 21 heavy (non-hydrogen) atoms. The average Bonchev–Trinajstić information content (AvgIpc) is 2.25. The fourth-order valence-corrected chi connectivity index (χ4v) is 3.12. The van der Waals surface area contributed by atoms with Gasteiger partial charge in [0.05, 0.1) is 6.61 Å². The molecule has 1 aromatic rings. The van der Waals surface area contributed by atoms with Crippen molar-refractivity contribution in [3.63, 3.8) is 0 Å². The van der Waals surface area contributed by atoms with E-state index in [2.05, 4.69) is 34.6 Å². The highest BCUT2D eigenvalue weighted by Gasteiger charge is 2.39. The van der Waals surface area contributed by atoms with Crippen molar-refractivity contribution >= 4 is 0 Å². The molecule has 0 saturated heterocycles. The summed E-state index contributed by atoms with van der Waals surface area (Å²) in [6.07, 6.45) is 1.38. The van der Waals surface area contributed by atoms with Gasteiger partial charge in [-0.05, 0) is 36.3 Å². The van der Waals surface area contributed by atoms with Gasteiger partial charge >= 0.3 is 5.97 Å². The monoisotopic (exact) mass is 294 g/mol. The molecule has 0 radical (unpaired) electrons. The zero-order valence-corrected chi connectivity index (χ0v) is 14.3. The largest absolute Gasteiger partial charge is 0.439 e. The first kappa shape index (κ1) is 18.0. The Morgan fingerprint density at radius 3 is 2.00 bits per heavy atom. The van der Waals surface area contributed by atoms with Crippen LogP contribution in [0.5, 0.6) is 5.75 Å². The zero-order valence-electron chi connectivity index (χ0n) is 14.3. The smallest absolute Gasteiger partial charge is 0.324 e. The van der Waals surface area contributed by atoms with Crippen LogP contribution in [0, 0.1) is 10.8 Å². The molecule has 0 amide bonds. The Morgan fingerprint density at radius 1 is 0.952 bits per heavy atom. The second-order valence-corrected chi connectivity index (χ2v) is 7.64. The normalized spacial score (nSPS) is 15.6. The summed E-state index contributed by atoms with van der Waals surface area (Å²) in [5.74, 6) is -0.981. The van der Waals surface area contributed by atoms with E-state index in [0.29, 0.717) is 18.8 Å². The van der Waals surface area contributed by atoms with Gasteiger partial charge in [-0.2, -0.15) is 0 Å². The molecule has 1 aromatic carbocycles. The zero-order chi connectivity index (χ0) is 16.1. The van der Waals surface area contributed by atoms with E-state index < -0.39 is 5.97 Å². The Labute approximate surface area is 129 Å². The second kappa shape index (κ2) is 6.80. The van der Waals surface area contributed by atoms with Gasteiger partial charge in [0.1, 0.15) is 5.75 Å². The number of rotatable bonds is 7. The summed E-state index contributed by atoms with van der Waals surface area (Å²) < 4.78 is 11.2. The van der Waals surface area contributed by atoms with Crippen molar-refractivity contribution in [3.05, 3.63) is 30.3 Å². The van der Waals surface area contributed by atoms with Crippen molar-refractivity contribution in [2.45, 2.75) is 60.4 Å². The van der Waals surface area contributed by atoms with E-state index in [4.69, 9.17) is 9.47 Å². The summed E-state index contributed by atoms with van der Waals surface area (Å²) in [7, 11) is 0. The van der Waals surface area contributed by atoms with Crippen LogP contribution in [0.15, 0.2) is 30.3 Å². The Hall–Kier alpha value is -1.06. The number of ether oxygens (including phenoxy) is 2. The summed E-state index contributed by atoms with van der Waals surface area (Å²) in [6.45, 7) is 13.1. The van der Waals surface area contributed by atoms with Crippen molar-refractivity contribution in [3.8, 4) is 5.75 Å². The molecule has 0 heterocycles. The summed E-state index contributed by atoms with van der Waals surface area (Å²) in [4.78, 5) is 0. The van der Waals surface area contributed by atoms with Crippen molar-refractivity contribution in [1.82, 2.24) is 0 Å². The average molecular weight is 294 g/mol.